The molecule has 3 aromatic rings. The Kier molecular flexibility index (Phi) is 10.4. The summed E-state index contributed by atoms with van der Waals surface area (Å²) >= 11 is 12.2. The van der Waals surface area contributed by atoms with Gasteiger partial charge in [-0.1, -0.05) is 60.5 Å². The molecule has 7 nitrogen and oxygen atoms in total. The molecule has 2 atom stereocenters. The number of amides is 2. The molecule has 0 spiro atoms. The van der Waals surface area contributed by atoms with E-state index in [2.05, 4.69) is 5.32 Å². The van der Waals surface area contributed by atoms with E-state index in [0.717, 1.165) is 16.3 Å². The van der Waals surface area contributed by atoms with Crippen LogP contribution in [0.25, 0.3) is 0 Å². The van der Waals surface area contributed by atoms with E-state index in [0.29, 0.717) is 21.3 Å². The average molecular weight is 591 g/mol. The van der Waals surface area contributed by atoms with E-state index < -0.39 is 28.5 Å². The minimum absolute atomic E-state index is 0.0407. The number of nitrogens with one attached hydrogen (secondary N) is 1. The van der Waals surface area contributed by atoms with Gasteiger partial charge >= 0.3 is 0 Å². The molecule has 0 aliphatic rings. The van der Waals surface area contributed by atoms with E-state index in [4.69, 9.17) is 23.2 Å². The van der Waals surface area contributed by atoms with E-state index in [1.165, 1.54) is 17.0 Å². The van der Waals surface area contributed by atoms with Gasteiger partial charge in [-0.25, -0.2) is 8.42 Å². The first-order chi connectivity index (χ1) is 18.4. The maximum atomic E-state index is 13.9. The molecule has 0 bridgehead atoms. The predicted molar refractivity (Wildman–Crippen MR) is 157 cm³/mol. The summed E-state index contributed by atoms with van der Waals surface area (Å²) in [4.78, 5) is 28.5. The first kappa shape index (κ1) is 30.5. The van der Waals surface area contributed by atoms with Crippen LogP contribution in [0.4, 0.5) is 5.69 Å². The lowest BCUT2D eigenvalue weighted by molar-refractivity contribution is -0.139. The summed E-state index contributed by atoms with van der Waals surface area (Å²) in [7, 11) is -4.14. The molecule has 0 saturated heterocycles. The first-order valence-electron chi connectivity index (χ1n) is 12.6. The van der Waals surface area contributed by atoms with Crippen molar-refractivity contribution < 1.29 is 18.0 Å². The normalized spacial score (nSPS) is 12.9. The van der Waals surface area contributed by atoms with Crippen LogP contribution in [0.1, 0.15) is 38.3 Å². The van der Waals surface area contributed by atoms with Crippen LogP contribution in [0.15, 0.2) is 77.7 Å². The number of carbonyl (C=O) groups excluding carboxylic acids is 2. The van der Waals surface area contributed by atoms with Gasteiger partial charge in [0.15, 0.2) is 0 Å². The smallest absolute Gasteiger partial charge is 0.264 e. The van der Waals surface area contributed by atoms with Crippen molar-refractivity contribution in [1.82, 2.24) is 10.2 Å². The van der Waals surface area contributed by atoms with Crippen LogP contribution in [0.5, 0.6) is 0 Å². The molecule has 2 amide bonds. The van der Waals surface area contributed by atoms with Crippen molar-refractivity contribution in [2.75, 3.05) is 10.8 Å². The van der Waals surface area contributed by atoms with Gasteiger partial charge in [0, 0.05) is 22.6 Å². The van der Waals surface area contributed by atoms with E-state index in [1.54, 1.807) is 74.5 Å². The molecule has 0 aromatic heterocycles. The standard InChI is InChI=1S/C29H33Cl2N3O4S/c1-5-21(3)32-29(36)22(4)33(18-23-11-13-24(30)14-12-23)28(35)19-34(27-16-15-25(31)17-20(27)2)39(37,38)26-9-7-6-8-10-26/h6-17,21-22H,5,18-19H2,1-4H3,(H,32,36)/t21-,22+/m1/s1. The van der Waals surface area contributed by atoms with E-state index in [1.807, 2.05) is 13.8 Å². The summed E-state index contributed by atoms with van der Waals surface area (Å²) < 4.78 is 28.8. The fraction of sp³-hybridized carbons (Fsp3) is 0.310. The van der Waals surface area contributed by atoms with Crippen LogP contribution < -0.4 is 9.62 Å². The summed E-state index contributed by atoms with van der Waals surface area (Å²) in [6.45, 7) is 6.76. The van der Waals surface area contributed by atoms with Crippen LogP contribution in [0, 0.1) is 6.92 Å². The van der Waals surface area contributed by atoms with Gasteiger partial charge in [-0.05, 0) is 80.8 Å². The van der Waals surface area contributed by atoms with E-state index >= 15 is 0 Å². The van der Waals surface area contributed by atoms with E-state index in [9.17, 15) is 18.0 Å². The Balaban J connectivity index is 2.04. The molecule has 3 rings (SSSR count). The van der Waals surface area contributed by atoms with Gasteiger partial charge in [0.05, 0.1) is 10.6 Å². The van der Waals surface area contributed by atoms with Gasteiger partial charge in [-0.15, -0.1) is 0 Å². The van der Waals surface area contributed by atoms with Crippen molar-refractivity contribution in [3.8, 4) is 0 Å². The fourth-order valence-electron chi connectivity index (χ4n) is 3.97. The number of hydrogen-bond acceptors (Lipinski definition) is 4. The number of benzene rings is 3. The summed E-state index contributed by atoms with van der Waals surface area (Å²) in [6, 6.07) is 18.7. The Morgan fingerprint density at radius 3 is 2.13 bits per heavy atom. The predicted octanol–water partition coefficient (Wildman–Crippen LogP) is 5.83. The molecule has 0 saturated carbocycles. The lowest BCUT2D eigenvalue weighted by Crippen LogP contribution is -2.52. The zero-order valence-corrected chi connectivity index (χ0v) is 24.7. The monoisotopic (exact) mass is 589 g/mol. The molecule has 10 heteroatoms. The van der Waals surface area contributed by atoms with Crippen LogP contribution >= 0.6 is 23.2 Å². The Labute approximate surface area is 240 Å². The fourth-order valence-corrected chi connectivity index (χ4v) is 5.82. The summed E-state index contributed by atoms with van der Waals surface area (Å²) in [5, 5.41) is 3.90. The Bertz CT molecular complexity index is 1400. The highest BCUT2D eigenvalue weighted by atomic mass is 35.5. The molecular formula is C29H33Cl2N3O4S. The second kappa shape index (κ2) is 13.3. The van der Waals surface area contributed by atoms with Crippen LogP contribution in [0.3, 0.4) is 0 Å². The zero-order chi connectivity index (χ0) is 28.7. The molecule has 39 heavy (non-hydrogen) atoms. The Hall–Kier alpha value is -3.07. The number of anilines is 1. The van der Waals surface area contributed by atoms with Gasteiger partial charge in [0.25, 0.3) is 10.0 Å². The largest absolute Gasteiger partial charge is 0.352 e. The molecule has 3 aromatic carbocycles. The topological polar surface area (TPSA) is 86.8 Å². The van der Waals surface area contributed by atoms with Crippen LogP contribution in [0.2, 0.25) is 10.0 Å². The number of sulfonamides is 1. The SMILES string of the molecule is CC[C@@H](C)NC(=O)[C@H](C)N(Cc1ccc(Cl)cc1)C(=O)CN(c1ccc(Cl)cc1C)S(=O)(=O)c1ccccc1. The Morgan fingerprint density at radius 1 is 0.923 bits per heavy atom. The van der Waals surface area contributed by atoms with Crippen molar-refractivity contribution in [2.45, 2.75) is 57.6 Å². The number of hydrogen-bond donors (Lipinski definition) is 1. The number of aryl methyl sites for hydroxylation is 1. The van der Waals surface area contributed by atoms with Gasteiger partial charge in [0.1, 0.15) is 12.6 Å². The van der Waals surface area contributed by atoms with Gasteiger partial charge in [0.2, 0.25) is 11.8 Å². The summed E-state index contributed by atoms with van der Waals surface area (Å²) in [6.07, 6.45) is 0.725. The number of carbonyl (C=O) groups is 2. The van der Waals surface area contributed by atoms with Crippen LogP contribution in [-0.4, -0.2) is 43.8 Å². The molecular weight excluding hydrogens is 557 g/mol. The Morgan fingerprint density at radius 2 is 1.54 bits per heavy atom. The number of nitrogens with zero attached hydrogens (tertiary/aromatic N) is 2. The molecule has 0 unspecified atom stereocenters. The first-order valence-corrected chi connectivity index (χ1v) is 14.8. The second-order valence-corrected chi connectivity index (χ2v) is 12.1. The van der Waals surface area contributed by atoms with Gasteiger partial charge in [-0.3, -0.25) is 13.9 Å². The number of halogens is 2. The van der Waals surface area contributed by atoms with Crippen molar-refractivity contribution in [2.24, 2.45) is 0 Å². The van der Waals surface area contributed by atoms with E-state index in [-0.39, 0.29) is 23.4 Å². The third-order valence-electron chi connectivity index (χ3n) is 6.47. The molecule has 0 heterocycles. The quantitative estimate of drug-likeness (QED) is 0.305. The maximum absolute atomic E-state index is 13.9. The molecule has 0 fully saturated rings. The maximum Gasteiger partial charge on any atom is 0.264 e. The highest BCUT2D eigenvalue weighted by molar-refractivity contribution is 7.92. The highest BCUT2D eigenvalue weighted by Gasteiger charge is 2.33. The zero-order valence-electron chi connectivity index (χ0n) is 22.4. The van der Waals surface area contributed by atoms with Crippen molar-refractivity contribution in [1.29, 1.82) is 0 Å². The molecule has 1 N–H and O–H groups in total. The minimum Gasteiger partial charge on any atom is -0.352 e. The molecule has 0 radical (unpaired) electrons. The third kappa shape index (κ3) is 7.75. The van der Waals surface area contributed by atoms with Crippen molar-refractivity contribution in [3.63, 3.8) is 0 Å². The lowest BCUT2D eigenvalue weighted by atomic mass is 10.1. The second-order valence-electron chi connectivity index (χ2n) is 9.40. The molecule has 208 valence electrons. The van der Waals surface area contributed by atoms with Gasteiger partial charge < -0.3 is 10.2 Å². The third-order valence-corrected chi connectivity index (χ3v) is 8.73. The molecule has 0 aliphatic carbocycles. The number of rotatable bonds is 11. The molecule has 0 aliphatic heterocycles. The van der Waals surface area contributed by atoms with Crippen molar-refractivity contribution in [3.05, 3.63) is 94.0 Å². The summed E-state index contributed by atoms with van der Waals surface area (Å²) in [5.74, 6) is -0.864. The average Bonchev–Trinajstić information content (AvgIpc) is 2.91. The lowest BCUT2D eigenvalue weighted by Gasteiger charge is -2.33. The van der Waals surface area contributed by atoms with Crippen molar-refractivity contribution >= 4 is 50.7 Å². The van der Waals surface area contributed by atoms with Crippen LogP contribution in [-0.2, 0) is 26.2 Å². The van der Waals surface area contributed by atoms with Gasteiger partial charge in [-0.2, -0.15) is 0 Å². The minimum atomic E-state index is -4.14. The summed E-state index contributed by atoms with van der Waals surface area (Å²) in [5.41, 5.74) is 1.65. The highest BCUT2D eigenvalue weighted by Crippen LogP contribution is 2.29.